The number of hydrogen-bond acceptors (Lipinski definition) is 2. The van der Waals surface area contributed by atoms with E-state index in [9.17, 15) is 0 Å². The summed E-state index contributed by atoms with van der Waals surface area (Å²) >= 11 is 0. The molecule has 1 heterocycles. The number of anilines is 1. The number of para-hydroxylation sites is 2. The molecular weight excluding hydrogens is 234 g/mol. The molecule has 0 aliphatic carbocycles. The van der Waals surface area contributed by atoms with Crippen LogP contribution in [0, 0.1) is 6.92 Å². The first kappa shape index (κ1) is 11.8. The van der Waals surface area contributed by atoms with Crippen molar-refractivity contribution in [2.24, 2.45) is 0 Å². The summed E-state index contributed by atoms with van der Waals surface area (Å²) in [5.41, 5.74) is 4.71. The van der Waals surface area contributed by atoms with E-state index in [4.69, 9.17) is 0 Å². The number of aryl methyl sites for hydroxylation is 1. The molecule has 3 rings (SSSR count). The Kier molecular flexibility index (Phi) is 3.19. The van der Waals surface area contributed by atoms with Gasteiger partial charge in [0.15, 0.2) is 0 Å². The Hall–Kier alpha value is -2.29. The molecule has 0 saturated heterocycles. The van der Waals surface area contributed by atoms with E-state index >= 15 is 0 Å². The molecule has 1 aromatic heterocycles. The summed E-state index contributed by atoms with van der Waals surface area (Å²) in [5.74, 6) is 0.841. The third kappa shape index (κ3) is 2.76. The SMILES string of the molecule is Cc1ccc(CCNc2nc3ccccc3[nH]2)cc1. The fraction of sp³-hybridized carbons (Fsp3) is 0.188. The van der Waals surface area contributed by atoms with E-state index in [-0.39, 0.29) is 0 Å². The summed E-state index contributed by atoms with van der Waals surface area (Å²) in [7, 11) is 0. The Morgan fingerprint density at radius 3 is 2.63 bits per heavy atom. The van der Waals surface area contributed by atoms with Gasteiger partial charge in [0.1, 0.15) is 0 Å². The molecule has 3 heteroatoms. The molecule has 19 heavy (non-hydrogen) atoms. The molecule has 0 amide bonds. The van der Waals surface area contributed by atoms with Gasteiger partial charge in [-0.15, -0.1) is 0 Å². The first-order valence-electron chi connectivity index (χ1n) is 6.55. The summed E-state index contributed by atoms with van der Waals surface area (Å²) in [4.78, 5) is 7.76. The molecule has 0 saturated carbocycles. The highest BCUT2D eigenvalue weighted by molar-refractivity contribution is 5.77. The van der Waals surface area contributed by atoms with Gasteiger partial charge in [-0.3, -0.25) is 0 Å². The third-order valence-electron chi connectivity index (χ3n) is 3.22. The Bertz CT molecular complexity index is 635. The Balaban J connectivity index is 1.61. The summed E-state index contributed by atoms with van der Waals surface area (Å²) < 4.78 is 0. The normalized spacial score (nSPS) is 10.8. The van der Waals surface area contributed by atoms with Crippen LogP contribution in [0.15, 0.2) is 48.5 Å². The second kappa shape index (κ2) is 5.14. The largest absolute Gasteiger partial charge is 0.355 e. The van der Waals surface area contributed by atoms with E-state index in [1.165, 1.54) is 11.1 Å². The van der Waals surface area contributed by atoms with Crippen LogP contribution in [-0.2, 0) is 6.42 Å². The quantitative estimate of drug-likeness (QED) is 0.744. The lowest BCUT2D eigenvalue weighted by atomic mass is 10.1. The van der Waals surface area contributed by atoms with E-state index < -0.39 is 0 Å². The lowest BCUT2D eigenvalue weighted by Gasteiger charge is -2.03. The van der Waals surface area contributed by atoms with Crippen molar-refractivity contribution in [1.82, 2.24) is 9.97 Å². The standard InChI is InChI=1S/C16H17N3/c1-12-6-8-13(9-7-12)10-11-17-16-18-14-4-2-3-5-15(14)19-16/h2-9H,10-11H2,1H3,(H2,17,18,19). The monoisotopic (exact) mass is 251 g/mol. The number of aromatic amines is 1. The van der Waals surface area contributed by atoms with Crippen LogP contribution in [0.2, 0.25) is 0 Å². The summed E-state index contributed by atoms with van der Waals surface area (Å²) in [5, 5.41) is 3.33. The number of H-pyrrole nitrogens is 1. The number of imidazole rings is 1. The molecule has 2 N–H and O–H groups in total. The molecule has 3 nitrogen and oxygen atoms in total. The van der Waals surface area contributed by atoms with Crippen molar-refractivity contribution in [1.29, 1.82) is 0 Å². The number of rotatable bonds is 4. The van der Waals surface area contributed by atoms with Gasteiger partial charge in [-0.05, 0) is 31.0 Å². The molecule has 0 aliphatic heterocycles. The maximum Gasteiger partial charge on any atom is 0.201 e. The zero-order valence-corrected chi connectivity index (χ0v) is 11.0. The maximum absolute atomic E-state index is 4.49. The molecule has 0 radical (unpaired) electrons. The van der Waals surface area contributed by atoms with Gasteiger partial charge in [0.25, 0.3) is 0 Å². The number of benzene rings is 2. The van der Waals surface area contributed by atoms with Crippen LogP contribution in [0.4, 0.5) is 5.95 Å². The molecule has 96 valence electrons. The second-order valence-corrected chi connectivity index (χ2v) is 4.76. The third-order valence-corrected chi connectivity index (χ3v) is 3.22. The topological polar surface area (TPSA) is 40.7 Å². The molecule has 3 aromatic rings. The lowest BCUT2D eigenvalue weighted by Crippen LogP contribution is -2.05. The van der Waals surface area contributed by atoms with Crippen LogP contribution < -0.4 is 5.32 Å². The molecule has 0 atom stereocenters. The van der Waals surface area contributed by atoms with Crippen LogP contribution in [0.3, 0.4) is 0 Å². The van der Waals surface area contributed by atoms with Crippen LogP contribution in [-0.4, -0.2) is 16.5 Å². The van der Waals surface area contributed by atoms with Crippen molar-refractivity contribution in [3.63, 3.8) is 0 Å². The van der Waals surface area contributed by atoms with E-state index in [0.717, 1.165) is 29.9 Å². The number of fused-ring (bicyclic) bond motifs is 1. The fourth-order valence-corrected chi connectivity index (χ4v) is 2.12. The van der Waals surface area contributed by atoms with Crippen LogP contribution in [0.1, 0.15) is 11.1 Å². The summed E-state index contributed by atoms with van der Waals surface area (Å²) in [6, 6.07) is 16.7. The molecule has 2 aromatic carbocycles. The highest BCUT2D eigenvalue weighted by atomic mass is 15.1. The van der Waals surface area contributed by atoms with Gasteiger partial charge < -0.3 is 10.3 Å². The van der Waals surface area contributed by atoms with E-state index in [0.29, 0.717) is 0 Å². The highest BCUT2D eigenvalue weighted by Gasteiger charge is 2.00. The van der Waals surface area contributed by atoms with Crippen LogP contribution in [0.25, 0.3) is 11.0 Å². The summed E-state index contributed by atoms with van der Waals surface area (Å²) in [6.45, 7) is 2.99. The van der Waals surface area contributed by atoms with E-state index in [1.807, 2.05) is 24.3 Å². The molecule has 0 fully saturated rings. The maximum atomic E-state index is 4.49. The molecule has 0 spiro atoms. The van der Waals surface area contributed by atoms with Crippen molar-refractivity contribution in [3.05, 3.63) is 59.7 Å². The number of hydrogen-bond donors (Lipinski definition) is 2. The molecule has 0 aliphatic rings. The number of nitrogens with one attached hydrogen (secondary N) is 2. The van der Waals surface area contributed by atoms with Gasteiger partial charge >= 0.3 is 0 Å². The minimum Gasteiger partial charge on any atom is -0.355 e. The predicted octanol–water partition coefficient (Wildman–Crippen LogP) is 3.53. The van der Waals surface area contributed by atoms with Crippen molar-refractivity contribution in [2.75, 3.05) is 11.9 Å². The number of nitrogens with zero attached hydrogens (tertiary/aromatic N) is 1. The minimum absolute atomic E-state index is 0.841. The van der Waals surface area contributed by atoms with Gasteiger partial charge in [0.05, 0.1) is 11.0 Å². The Morgan fingerprint density at radius 1 is 1.05 bits per heavy atom. The Labute approximate surface area is 112 Å². The van der Waals surface area contributed by atoms with Crippen molar-refractivity contribution >= 4 is 17.0 Å². The molecule has 0 bridgehead atoms. The van der Waals surface area contributed by atoms with E-state index in [1.54, 1.807) is 0 Å². The Morgan fingerprint density at radius 2 is 1.84 bits per heavy atom. The van der Waals surface area contributed by atoms with Crippen molar-refractivity contribution < 1.29 is 0 Å². The minimum atomic E-state index is 0.841. The smallest absolute Gasteiger partial charge is 0.201 e. The molecular formula is C16H17N3. The van der Waals surface area contributed by atoms with Crippen molar-refractivity contribution in [2.45, 2.75) is 13.3 Å². The first-order valence-corrected chi connectivity index (χ1v) is 6.55. The number of aromatic nitrogens is 2. The zero-order chi connectivity index (χ0) is 13.1. The fourth-order valence-electron chi connectivity index (χ4n) is 2.12. The van der Waals surface area contributed by atoms with Crippen LogP contribution >= 0.6 is 0 Å². The molecule has 0 unspecified atom stereocenters. The van der Waals surface area contributed by atoms with Gasteiger partial charge in [0, 0.05) is 6.54 Å². The van der Waals surface area contributed by atoms with Gasteiger partial charge in [-0.25, -0.2) is 4.98 Å². The van der Waals surface area contributed by atoms with Gasteiger partial charge in [-0.1, -0.05) is 42.0 Å². The lowest BCUT2D eigenvalue weighted by molar-refractivity contribution is 0.998. The average molecular weight is 251 g/mol. The first-order chi connectivity index (χ1) is 9.31. The predicted molar refractivity (Wildman–Crippen MR) is 79.5 cm³/mol. The highest BCUT2D eigenvalue weighted by Crippen LogP contribution is 2.13. The summed E-state index contributed by atoms with van der Waals surface area (Å²) in [6.07, 6.45) is 0.997. The van der Waals surface area contributed by atoms with Crippen LogP contribution in [0.5, 0.6) is 0 Å². The van der Waals surface area contributed by atoms with Gasteiger partial charge in [-0.2, -0.15) is 0 Å². The second-order valence-electron chi connectivity index (χ2n) is 4.76. The average Bonchev–Trinajstić information content (AvgIpc) is 2.83. The van der Waals surface area contributed by atoms with E-state index in [2.05, 4.69) is 46.5 Å². The van der Waals surface area contributed by atoms with Crippen molar-refractivity contribution in [3.8, 4) is 0 Å². The zero-order valence-electron chi connectivity index (χ0n) is 11.0. The van der Waals surface area contributed by atoms with Gasteiger partial charge in [0.2, 0.25) is 5.95 Å².